The Balaban J connectivity index is 2.51. The third-order valence-electron chi connectivity index (χ3n) is 3.76. The molecule has 0 amide bonds. The second-order valence-electron chi connectivity index (χ2n) is 6.36. The molecule has 1 saturated carbocycles. The van der Waals surface area contributed by atoms with Crippen LogP contribution < -0.4 is 5.32 Å². The molecular weight excluding hydrogens is 186 g/mol. The Kier molecular flexibility index (Phi) is 4.19. The van der Waals surface area contributed by atoms with Crippen molar-refractivity contribution in [1.82, 2.24) is 5.32 Å². The average molecular weight is 213 g/mol. The van der Waals surface area contributed by atoms with Gasteiger partial charge in [-0.3, -0.25) is 0 Å². The molecule has 2 nitrogen and oxygen atoms in total. The lowest BCUT2D eigenvalue weighted by Gasteiger charge is -2.27. The molecule has 0 aromatic rings. The van der Waals surface area contributed by atoms with E-state index in [0.29, 0.717) is 17.4 Å². The number of aliphatic hydroxyl groups excluding tert-OH is 1. The molecule has 3 atom stereocenters. The van der Waals surface area contributed by atoms with Crippen molar-refractivity contribution in [2.75, 3.05) is 6.61 Å². The standard InChI is InChI=1S/C13H27NO/c1-9(2)12(8-15)14-11-7-13(4,5)6-10(11)3/h9-12,14-15H,6-8H2,1-5H3. The van der Waals surface area contributed by atoms with Crippen LogP contribution >= 0.6 is 0 Å². The highest BCUT2D eigenvalue weighted by molar-refractivity contribution is 4.92. The van der Waals surface area contributed by atoms with Gasteiger partial charge in [0.25, 0.3) is 0 Å². The van der Waals surface area contributed by atoms with Crippen molar-refractivity contribution in [3.8, 4) is 0 Å². The number of nitrogens with one attached hydrogen (secondary N) is 1. The Bertz CT molecular complexity index is 201. The molecule has 0 saturated heterocycles. The summed E-state index contributed by atoms with van der Waals surface area (Å²) in [5.74, 6) is 1.23. The first kappa shape index (κ1) is 13.0. The molecule has 15 heavy (non-hydrogen) atoms. The summed E-state index contributed by atoms with van der Waals surface area (Å²) in [7, 11) is 0. The van der Waals surface area contributed by atoms with Crippen LogP contribution in [0.4, 0.5) is 0 Å². The van der Waals surface area contributed by atoms with Gasteiger partial charge in [0.2, 0.25) is 0 Å². The van der Waals surface area contributed by atoms with Gasteiger partial charge in [0.05, 0.1) is 6.61 Å². The molecule has 90 valence electrons. The summed E-state index contributed by atoms with van der Waals surface area (Å²) in [6.07, 6.45) is 2.53. The summed E-state index contributed by atoms with van der Waals surface area (Å²) in [5.41, 5.74) is 0.466. The highest BCUT2D eigenvalue weighted by atomic mass is 16.3. The van der Waals surface area contributed by atoms with Crippen LogP contribution in [0.2, 0.25) is 0 Å². The van der Waals surface area contributed by atoms with E-state index in [1.54, 1.807) is 0 Å². The number of rotatable bonds is 4. The van der Waals surface area contributed by atoms with E-state index in [-0.39, 0.29) is 12.6 Å². The van der Waals surface area contributed by atoms with Crippen LogP contribution in [0.1, 0.15) is 47.5 Å². The average Bonchev–Trinajstić information content (AvgIpc) is 2.34. The summed E-state index contributed by atoms with van der Waals surface area (Å²) >= 11 is 0. The van der Waals surface area contributed by atoms with Crippen molar-refractivity contribution in [2.45, 2.75) is 59.5 Å². The molecule has 0 heterocycles. The highest BCUT2D eigenvalue weighted by Crippen LogP contribution is 2.41. The van der Waals surface area contributed by atoms with Crippen LogP contribution in [0, 0.1) is 17.3 Å². The van der Waals surface area contributed by atoms with Gasteiger partial charge in [0.15, 0.2) is 0 Å². The predicted molar refractivity (Wildman–Crippen MR) is 64.8 cm³/mol. The van der Waals surface area contributed by atoms with Gasteiger partial charge >= 0.3 is 0 Å². The van der Waals surface area contributed by atoms with Crippen molar-refractivity contribution in [1.29, 1.82) is 0 Å². The minimum Gasteiger partial charge on any atom is -0.395 e. The van der Waals surface area contributed by atoms with Crippen LogP contribution in [-0.4, -0.2) is 23.8 Å². The van der Waals surface area contributed by atoms with Crippen LogP contribution in [0.5, 0.6) is 0 Å². The van der Waals surface area contributed by atoms with E-state index in [1.807, 2.05) is 0 Å². The normalized spacial score (nSPS) is 32.2. The van der Waals surface area contributed by atoms with Crippen LogP contribution in [0.25, 0.3) is 0 Å². The second-order valence-corrected chi connectivity index (χ2v) is 6.36. The lowest BCUT2D eigenvalue weighted by molar-refractivity contribution is 0.190. The van der Waals surface area contributed by atoms with Crippen molar-refractivity contribution in [3.05, 3.63) is 0 Å². The van der Waals surface area contributed by atoms with Crippen molar-refractivity contribution < 1.29 is 5.11 Å². The lowest BCUT2D eigenvalue weighted by atomic mass is 9.91. The molecular formula is C13H27NO. The molecule has 1 rings (SSSR count). The van der Waals surface area contributed by atoms with Gasteiger partial charge in [-0.05, 0) is 30.1 Å². The molecule has 2 N–H and O–H groups in total. The minimum absolute atomic E-state index is 0.251. The molecule has 1 aliphatic rings. The molecule has 0 aromatic heterocycles. The molecule has 0 radical (unpaired) electrons. The van der Waals surface area contributed by atoms with Crippen molar-refractivity contribution in [3.63, 3.8) is 0 Å². The molecule has 1 fully saturated rings. The van der Waals surface area contributed by atoms with Gasteiger partial charge in [-0.25, -0.2) is 0 Å². The maximum atomic E-state index is 9.31. The van der Waals surface area contributed by atoms with Gasteiger partial charge in [-0.2, -0.15) is 0 Å². The zero-order valence-corrected chi connectivity index (χ0v) is 10.9. The van der Waals surface area contributed by atoms with E-state index >= 15 is 0 Å². The second kappa shape index (κ2) is 4.84. The van der Waals surface area contributed by atoms with Gasteiger partial charge in [-0.15, -0.1) is 0 Å². The smallest absolute Gasteiger partial charge is 0.0587 e. The molecule has 1 aliphatic carbocycles. The largest absolute Gasteiger partial charge is 0.395 e. The van der Waals surface area contributed by atoms with Gasteiger partial charge in [0, 0.05) is 12.1 Å². The third-order valence-corrected chi connectivity index (χ3v) is 3.76. The summed E-state index contributed by atoms with van der Waals surface area (Å²) in [6, 6.07) is 0.839. The summed E-state index contributed by atoms with van der Waals surface area (Å²) < 4.78 is 0. The van der Waals surface area contributed by atoms with E-state index in [0.717, 1.165) is 5.92 Å². The Labute approximate surface area is 94.5 Å². The van der Waals surface area contributed by atoms with E-state index in [1.165, 1.54) is 12.8 Å². The Morgan fingerprint density at radius 1 is 1.33 bits per heavy atom. The SMILES string of the molecule is CC(C)C(CO)NC1CC(C)(C)CC1C. The predicted octanol–water partition coefficient (Wildman–Crippen LogP) is 2.42. The number of hydrogen-bond donors (Lipinski definition) is 2. The maximum Gasteiger partial charge on any atom is 0.0587 e. The first-order valence-corrected chi connectivity index (χ1v) is 6.22. The van der Waals surface area contributed by atoms with Crippen molar-refractivity contribution >= 4 is 0 Å². The summed E-state index contributed by atoms with van der Waals surface area (Å²) in [4.78, 5) is 0. The van der Waals surface area contributed by atoms with Gasteiger partial charge in [-0.1, -0.05) is 34.6 Å². The molecule has 0 bridgehead atoms. The van der Waals surface area contributed by atoms with Crippen LogP contribution in [0.3, 0.4) is 0 Å². The summed E-state index contributed by atoms with van der Waals surface area (Å²) in [5, 5.41) is 12.9. The fraction of sp³-hybridized carbons (Fsp3) is 1.00. The molecule has 3 unspecified atom stereocenters. The van der Waals surface area contributed by atoms with Crippen LogP contribution in [-0.2, 0) is 0 Å². The zero-order valence-electron chi connectivity index (χ0n) is 10.9. The Morgan fingerprint density at radius 3 is 2.27 bits per heavy atom. The first-order chi connectivity index (χ1) is 6.85. The topological polar surface area (TPSA) is 32.3 Å². The molecule has 2 heteroatoms. The lowest BCUT2D eigenvalue weighted by Crippen LogP contribution is -2.45. The van der Waals surface area contributed by atoms with E-state index in [4.69, 9.17) is 0 Å². The number of aliphatic hydroxyl groups is 1. The highest BCUT2D eigenvalue weighted by Gasteiger charge is 2.37. The monoisotopic (exact) mass is 213 g/mol. The minimum atomic E-state index is 0.251. The van der Waals surface area contributed by atoms with E-state index in [2.05, 4.69) is 39.9 Å². The third kappa shape index (κ3) is 3.46. The molecule has 0 spiro atoms. The summed E-state index contributed by atoms with van der Waals surface area (Å²) in [6.45, 7) is 11.6. The molecule has 0 aromatic carbocycles. The number of hydrogen-bond acceptors (Lipinski definition) is 2. The zero-order chi connectivity index (χ0) is 11.6. The quantitative estimate of drug-likeness (QED) is 0.751. The van der Waals surface area contributed by atoms with Gasteiger partial charge < -0.3 is 10.4 Å². The fourth-order valence-electron chi connectivity index (χ4n) is 2.85. The van der Waals surface area contributed by atoms with Crippen LogP contribution in [0.15, 0.2) is 0 Å². The Hall–Kier alpha value is -0.0800. The Morgan fingerprint density at radius 2 is 1.93 bits per heavy atom. The van der Waals surface area contributed by atoms with Gasteiger partial charge in [0.1, 0.15) is 0 Å². The molecule has 0 aliphatic heterocycles. The fourth-order valence-corrected chi connectivity index (χ4v) is 2.85. The van der Waals surface area contributed by atoms with E-state index in [9.17, 15) is 5.11 Å². The maximum absolute atomic E-state index is 9.31. The first-order valence-electron chi connectivity index (χ1n) is 6.22. The van der Waals surface area contributed by atoms with Crippen molar-refractivity contribution in [2.24, 2.45) is 17.3 Å². The van der Waals surface area contributed by atoms with E-state index < -0.39 is 0 Å².